The van der Waals surface area contributed by atoms with Crippen molar-refractivity contribution in [3.63, 3.8) is 0 Å². The smallest absolute Gasteiger partial charge is 0.220 e. The van der Waals surface area contributed by atoms with Gasteiger partial charge >= 0.3 is 0 Å². The highest BCUT2D eigenvalue weighted by atomic mass is 35.5. The van der Waals surface area contributed by atoms with Crippen LogP contribution >= 0.6 is 23.2 Å². The van der Waals surface area contributed by atoms with Crippen molar-refractivity contribution in [3.05, 3.63) is 69.8 Å². The molecule has 2 N–H and O–H groups in total. The third-order valence-electron chi connectivity index (χ3n) is 3.99. The topological polar surface area (TPSA) is 62.2 Å². The summed E-state index contributed by atoms with van der Waals surface area (Å²) in [4.78, 5) is 16.3. The van der Waals surface area contributed by atoms with Gasteiger partial charge in [-0.2, -0.15) is 0 Å². The number of rotatable bonds is 4. The molecule has 0 radical (unpaired) electrons. The zero-order chi connectivity index (χ0) is 18.0. The minimum Gasteiger partial charge on any atom is -0.505 e. The fourth-order valence-electron chi connectivity index (χ4n) is 2.69. The number of nitrogens with one attached hydrogen (secondary N) is 1. The van der Waals surface area contributed by atoms with Crippen LogP contribution in [0.3, 0.4) is 0 Å². The molecule has 0 saturated carbocycles. The summed E-state index contributed by atoms with van der Waals surface area (Å²) in [5.74, 6) is -0.145. The van der Waals surface area contributed by atoms with Gasteiger partial charge in [-0.05, 0) is 35.9 Å². The van der Waals surface area contributed by atoms with Gasteiger partial charge in [0.1, 0.15) is 11.3 Å². The average Bonchev–Trinajstić information content (AvgIpc) is 2.63. The SMILES string of the molecule is CCC(=O)NC(c1ccc(Cl)cc1)c1cc(Cl)c2cccnc2c1O. The minimum atomic E-state index is -0.561. The monoisotopic (exact) mass is 374 g/mol. The van der Waals surface area contributed by atoms with E-state index in [-0.39, 0.29) is 11.7 Å². The first kappa shape index (κ1) is 17.5. The van der Waals surface area contributed by atoms with E-state index in [1.807, 2.05) is 0 Å². The zero-order valence-electron chi connectivity index (χ0n) is 13.5. The maximum atomic E-state index is 12.0. The molecule has 1 heterocycles. The molecule has 0 spiro atoms. The number of hydrogen-bond donors (Lipinski definition) is 2. The molecule has 128 valence electrons. The number of phenols is 1. The molecule has 25 heavy (non-hydrogen) atoms. The second-order valence-electron chi connectivity index (χ2n) is 5.60. The number of benzene rings is 2. The number of fused-ring (bicyclic) bond motifs is 1. The lowest BCUT2D eigenvalue weighted by molar-refractivity contribution is -0.121. The van der Waals surface area contributed by atoms with Gasteiger partial charge in [-0.25, -0.2) is 0 Å². The van der Waals surface area contributed by atoms with Crippen LogP contribution in [0.15, 0.2) is 48.7 Å². The van der Waals surface area contributed by atoms with E-state index in [9.17, 15) is 9.90 Å². The summed E-state index contributed by atoms with van der Waals surface area (Å²) in [5, 5.41) is 15.4. The van der Waals surface area contributed by atoms with Crippen molar-refractivity contribution >= 4 is 40.0 Å². The fourth-order valence-corrected chi connectivity index (χ4v) is 3.08. The molecule has 1 atom stereocenters. The van der Waals surface area contributed by atoms with E-state index in [4.69, 9.17) is 23.2 Å². The Bertz CT molecular complexity index is 927. The minimum absolute atomic E-state index is 0.00338. The van der Waals surface area contributed by atoms with Gasteiger partial charge in [-0.1, -0.05) is 42.3 Å². The first-order chi connectivity index (χ1) is 12.0. The van der Waals surface area contributed by atoms with Crippen molar-refractivity contribution in [1.82, 2.24) is 10.3 Å². The lowest BCUT2D eigenvalue weighted by Crippen LogP contribution is -2.28. The van der Waals surface area contributed by atoms with Gasteiger partial charge in [0.25, 0.3) is 0 Å². The summed E-state index contributed by atoms with van der Waals surface area (Å²) in [7, 11) is 0. The van der Waals surface area contributed by atoms with Gasteiger partial charge in [-0.3, -0.25) is 9.78 Å². The molecule has 0 aliphatic rings. The third-order valence-corrected chi connectivity index (χ3v) is 4.55. The van der Waals surface area contributed by atoms with Gasteiger partial charge in [0.15, 0.2) is 0 Å². The first-order valence-corrected chi connectivity index (χ1v) is 8.57. The van der Waals surface area contributed by atoms with Crippen LogP contribution in [0.5, 0.6) is 5.75 Å². The van der Waals surface area contributed by atoms with Gasteiger partial charge in [0.05, 0.1) is 11.1 Å². The number of hydrogen-bond acceptors (Lipinski definition) is 3. The number of aromatic hydroxyl groups is 1. The first-order valence-electron chi connectivity index (χ1n) is 7.82. The van der Waals surface area contributed by atoms with Crippen LogP contribution in [0.25, 0.3) is 10.9 Å². The van der Waals surface area contributed by atoms with Crippen LogP contribution in [-0.4, -0.2) is 16.0 Å². The predicted octanol–water partition coefficient (Wildman–Crippen LogP) is 4.86. The van der Waals surface area contributed by atoms with Crippen molar-refractivity contribution in [1.29, 1.82) is 0 Å². The van der Waals surface area contributed by atoms with Crippen LogP contribution < -0.4 is 5.32 Å². The molecule has 4 nitrogen and oxygen atoms in total. The van der Waals surface area contributed by atoms with Crippen LogP contribution in [0.2, 0.25) is 10.0 Å². The van der Waals surface area contributed by atoms with Crippen molar-refractivity contribution < 1.29 is 9.90 Å². The van der Waals surface area contributed by atoms with Gasteiger partial charge in [0, 0.05) is 28.6 Å². The fraction of sp³-hybridized carbons (Fsp3) is 0.158. The van der Waals surface area contributed by atoms with Crippen LogP contribution in [0.1, 0.15) is 30.5 Å². The molecular formula is C19H16Cl2N2O2. The number of pyridine rings is 1. The molecule has 0 saturated heterocycles. The van der Waals surface area contributed by atoms with Crippen LogP contribution in [0, 0.1) is 0 Å². The zero-order valence-corrected chi connectivity index (χ0v) is 15.0. The molecule has 6 heteroatoms. The number of amides is 1. The molecule has 0 aliphatic heterocycles. The summed E-state index contributed by atoms with van der Waals surface area (Å²) >= 11 is 12.3. The second-order valence-corrected chi connectivity index (χ2v) is 6.45. The second kappa shape index (κ2) is 7.30. The van der Waals surface area contributed by atoms with E-state index in [1.54, 1.807) is 55.6 Å². The Morgan fingerprint density at radius 2 is 1.96 bits per heavy atom. The maximum Gasteiger partial charge on any atom is 0.220 e. The average molecular weight is 375 g/mol. The standard InChI is InChI=1S/C19H16Cl2N2O2/c1-2-16(24)23-17(11-5-7-12(20)8-6-11)14-10-15(21)13-4-3-9-22-18(13)19(14)25/h3-10,17,25H,2H2,1H3,(H,23,24). The molecule has 0 bridgehead atoms. The van der Waals surface area contributed by atoms with Crippen molar-refractivity contribution in [2.75, 3.05) is 0 Å². The largest absolute Gasteiger partial charge is 0.505 e. The highest BCUT2D eigenvalue weighted by Crippen LogP contribution is 2.38. The summed E-state index contributed by atoms with van der Waals surface area (Å²) in [6, 6.07) is 11.7. The van der Waals surface area contributed by atoms with Gasteiger partial charge in [-0.15, -0.1) is 0 Å². The molecule has 1 amide bonds. The van der Waals surface area contributed by atoms with Crippen molar-refractivity contribution in [2.24, 2.45) is 0 Å². The Kier molecular flexibility index (Phi) is 5.11. The lowest BCUT2D eigenvalue weighted by Gasteiger charge is -2.22. The van der Waals surface area contributed by atoms with E-state index in [1.165, 1.54) is 0 Å². The third kappa shape index (κ3) is 3.55. The lowest BCUT2D eigenvalue weighted by atomic mass is 9.96. The number of carbonyl (C=O) groups excluding carboxylic acids is 1. The molecular weight excluding hydrogens is 359 g/mol. The number of aromatic nitrogens is 1. The molecule has 2 aromatic carbocycles. The number of nitrogens with zero attached hydrogens (tertiary/aromatic N) is 1. The van der Waals surface area contributed by atoms with Crippen LogP contribution in [-0.2, 0) is 4.79 Å². The van der Waals surface area contributed by atoms with E-state index in [0.717, 1.165) is 5.56 Å². The Labute approximate surface area is 155 Å². The summed E-state index contributed by atoms with van der Waals surface area (Å²) in [6.45, 7) is 1.77. The van der Waals surface area contributed by atoms with Crippen molar-refractivity contribution in [2.45, 2.75) is 19.4 Å². The van der Waals surface area contributed by atoms with E-state index in [0.29, 0.717) is 32.9 Å². The molecule has 1 unspecified atom stereocenters. The highest BCUT2D eigenvalue weighted by Gasteiger charge is 2.22. The molecule has 3 rings (SSSR count). The molecule has 3 aromatic rings. The van der Waals surface area contributed by atoms with E-state index < -0.39 is 6.04 Å². The summed E-state index contributed by atoms with van der Waals surface area (Å²) in [6.07, 6.45) is 1.91. The quantitative estimate of drug-likeness (QED) is 0.684. The van der Waals surface area contributed by atoms with E-state index >= 15 is 0 Å². The summed E-state index contributed by atoms with van der Waals surface area (Å²) < 4.78 is 0. The van der Waals surface area contributed by atoms with Crippen LogP contribution in [0.4, 0.5) is 0 Å². The Morgan fingerprint density at radius 3 is 2.64 bits per heavy atom. The Hall–Kier alpha value is -2.30. The summed E-state index contributed by atoms with van der Waals surface area (Å²) in [5.41, 5.74) is 1.67. The number of carbonyl (C=O) groups is 1. The predicted molar refractivity (Wildman–Crippen MR) is 100 cm³/mol. The molecule has 0 fully saturated rings. The van der Waals surface area contributed by atoms with E-state index in [2.05, 4.69) is 10.3 Å². The Morgan fingerprint density at radius 1 is 1.24 bits per heavy atom. The van der Waals surface area contributed by atoms with Gasteiger partial charge < -0.3 is 10.4 Å². The highest BCUT2D eigenvalue weighted by molar-refractivity contribution is 6.35. The Balaban J connectivity index is 2.18. The molecule has 1 aromatic heterocycles. The number of phenolic OH excluding ortho intramolecular Hbond substituents is 1. The number of halogens is 2. The van der Waals surface area contributed by atoms with Crippen molar-refractivity contribution in [3.8, 4) is 5.75 Å². The maximum absolute atomic E-state index is 12.0. The van der Waals surface area contributed by atoms with Gasteiger partial charge in [0.2, 0.25) is 5.91 Å². The molecule has 0 aliphatic carbocycles. The normalized spacial score (nSPS) is 12.1.